The van der Waals surface area contributed by atoms with E-state index in [2.05, 4.69) is 23.8 Å². The second-order valence-electron chi connectivity index (χ2n) is 5.51. The molecule has 152 valence electrons. The van der Waals surface area contributed by atoms with Crippen LogP contribution in [0, 0.1) is 17.1 Å². The van der Waals surface area contributed by atoms with Gasteiger partial charge in [-0.25, -0.2) is 8.78 Å². The van der Waals surface area contributed by atoms with E-state index in [9.17, 15) is 18.4 Å². The SMILES string of the molecule is C=C(CCNC(=O)COc1ccc(Cl)c(F)c1)NC(=O)/C=C/C=C(/C#N)C(=C)F. The molecular formula is C20H18ClF2N3O3. The third-order valence-corrected chi connectivity index (χ3v) is 3.54. The summed E-state index contributed by atoms with van der Waals surface area (Å²) >= 11 is 5.55. The van der Waals surface area contributed by atoms with Gasteiger partial charge in [-0.15, -0.1) is 0 Å². The summed E-state index contributed by atoms with van der Waals surface area (Å²) in [4.78, 5) is 23.4. The van der Waals surface area contributed by atoms with Crippen LogP contribution >= 0.6 is 11.6 Å². The van der Waals surface area contributed by atoms with Gasteiger partial charge in [-0.2, -0.15) is 5.26 Å². The highest BCUT2D eigenvalue weighted by molar-refractivity contribution is 6.30. The number of allylic oxidation sites excluding steroid dienone is 4. The van der Waals surface area contributed by atoms with Gasteiger partial charge in [-0.05, 0) is 18.2 Å². The van der Waals surface area contributed by atoms with Crippen molar-refractivity contribution in [2.45, 2.75) is 6.42 Å². The van der Waals surface area contributed by atoms with Gasteiger partial charge in [0.2, 0.25) is 5.91 Å². The molecule has 0 heterocycles. The Labute approximate surface area is 171 Å². The van der Waals surface area contributed by atoms with E-state index in [4.69, 9.17) is 21.6 Å². The fourth-order valence-electron chi connectivity index (χ4n) is 1.82. The van der Waals surface area contributed by atoms with E-state index in [-0.39, 0.29) is 35.9 Å². The van der Waals surface area contributed by atoms with Crippen molar-refractivity contribution in [1.29, 1.82) is 5.26 Å². The molecule has 1 aromatic rings. The first-order valence-electron chi connectivity index (χ1n) is 8.19. The highest BCUT2D eigenvalue weighted by Gasteiger charge is 2.06. The van der Waals surface area contributed by atoms with Crippen molar-refractivity contribution in [3.63, 3.8) is 0 Å². The molecule has 0 unspecified atom stereocenters. The minimum atomic E-state index is -0.900. The summed E-state index contributed by atoms with van der Waals surface area (Å²) in [6.07, 6.45) is 3.65. The first-order valence-corrected chi connectivity index (χ1v) is 8.57. The zero-order valence-corrected chi connectivity index (χ0v) is 16.1. The van der Waals surface area contributed by atoms with E-state index in [0.29, 0.717) is 5.70 Å². The molecule has 6 nitrogen and oxygen atoms in total. The van der Waals surface area contributed by atoms with E-state index in [1.165, 1.54) is 18.2 Å². The molecule has 1 aromatic carbocycles. The summed E-state index contributed by atoms with van der Waals surface area (Å²) in [7, 11) is 0. The molecule has 2 amide bonds. The van der Waals surface area contributed by atoms with Gasteiger partial charge in [0.1, 0.15) is 23.5 Å². The highest BCUT2D eigenvalue weighted by atomic mass is 35.5. The summed E-state index contributed by atoms with van der Waals surface area (Å²) in [5.41, 5.74) is 0.0409. The lowest BCUT2D eigenvalue weighted by molar-refractivity contribution is -0.123. The van der Waals surface area contributed by atoms with E-state index in [0.717, 1.165) is 18.2 Å². The largest absolute Gasteiger partial charge is 0.484 e. The Kier molecular flexibility index (Phi) is 9.85. The van der Waals surface area contributed by atoms with Gasteiger partial charge in [0.05, 0.1) is 10.6 Å². The number of carbonyl (C=O) groups excluding carboxylic acids is 2. The first kappa shape index (κ1) is 23.6. The molecule has 0 bridgehead atoms. The van der Waals surface area contributed by atoms with Crippen LogP contribution in [-0.4, -0.2) is 25.0 Å². The van der Waals surface area contributed by atoms with Crippen LogP contribution in [0.3, 0.4) is 0 Å². The number of nitrogens with zero attached hydrogens (tertiary/aromatic N) is 1. The van der Waals surface area contributed by atoms with Crippen molar-refractivity contribution in [2.75, 3.05) is 13.2 Å². The Bertz CT molecular complexity index is 905. The number of carbonyl (C=O) groups is 2. The monoisotopic (exact) mass is 421 g/mol. The number of hydrogen-bond donors (Lipinski definition) is 2. The van der Waals surface area contributed by atoms with E-state index in [1.807, 2.05) is 0 Å². The standard InChI is InChI=1S/C20H18ClF2N3O3/c1-13(26-19(27)5-3-4-15(11-24)14(2)22)8-9-25-20(28)12-29-16-6-7-17(21)18(23)10-16/h3-7,10H,1-2,8-9,12H2,(H,25,28)(H,26,27)/b5-3+,15-4-. The van der Waals surface area contributed by atoms with Gasteiger partial charge < -0.3 is 15.4 Å². The van der Waals surface area contributed by atoms with Gasteiger partial charge in [0.15, 0.2) is 6.61 Å². The first-order chi connectivity index (χ1) is 13.7. The quantitative estimate of drug-likeness (QED) is 0.344. The van der Waals surface area contributed by atoms with Crippen LogP contribution in [0.1, 0.15) is 6.42 Å². The topological polar surface area (TPSA) is 91.2 Å². The Balaban J connectivity index is 2.31. The lowest BCUT2D eigenvalue weighted by Gasteiger charge is -2.09. The molecule has 2 N–H and O–H groups in total. The minimum absolute atomic E-state index is 0.0494. The average molecular weight is 422 g/mol. The number of rotatable bonds is 10. The molecule has 29 heavy (non-hydrogen) atoms. The molecule has 9 heteroatoms. The van der Waals surface area contributed by atoms with Crippen molar-refractivity contribution < 1.29 is 23.1 Å². The smallest absolute Gasteiger partial charge is 0.257 e. The van der Waals surface area contributed by atoms with Gasteiger partial charge in [-0.3, -0.25) is 9.59 Å². The predicted molar refractivity (Wildman–Crippen MR) is 105 cm³/mol. The van der Waals surface area contributed by atoms with E-state index >= 15 is 0 Å². The summed E-state index contributed by atoms with van der Waals surface area (Å²) < 4.78 is 31.2. The number of hydrogen-bond acceptors (Lipinski definition) is 4. The molecule has 0 saturated heterocycles. The third-order valence-electron chi connectivity index (χ3n) is 3.23. The molecule has 0 aliphatic carbocycles. The zero-order chi connectivity index (χ0) is 21.8. The van der Waals surface area contributed by atoms with E-state index in [1.54, 1.807) is 6.07 Å². The van der Waals surface area contributed by atoms with Crippen LogP contribution in [0.25, 0.3) is 0 Å². The van der Waals surface area contributed by atoms with Crippen molar-refractivity contribution in [3.8, 4) is 11.8 Å². The van der Waals surface area contributed by atoms with Crippen molar-refractivity contribution in [1.82, 2.24) is 10.6 Å². The highest BCUT2D eigenvalue weighted by Crippen LogP contribution is 2.20. The number of halogens is 3. The van der Waals surface area contributed by atoms with Gasteiger partial charge in [0.25, 0.3) is 5.91 Å². The second kappa shape index (κ2) is 12.1. The Morgan fingerprint density at radius 3 is 2.69 bits per heavy atom. The zero-order valence-electron chi connectivity index (χ0n) is 15.3. The number of nitriles is 1. The minimum Gasteiger partial charge on any atom is -0.484 e. The molecule has 0 aromatic heterocycles. The maximum Gasteiger partial charge on any atom is 0.257 e. The molecule has 0 spiro atoms. The van der Waals surface area contributed by atoms with E-state index < -0.39 is 23.5 Å². The fourth-order valence-corrected chi connectivity index (χ4v) is 1.94. The fraction of sp³-hybridized carbons (Fsp3) is 0.150. The number of nitrogens with one attached hydrogen (secondary N) is 2. The van der Waals surface area contributed by atoms with Crippen LogP contribution in [0.5, 0.6) is 5.75 Å². The average Bonchev–Trinajstić information content (AvgIpc) is 2.65. The molecule has 0 atom stereocenters. The molecule has 0 aliphatic rings. The number of amides is 2. The molecule has 1 rings (SSSR count). The molecule has 0 radical (unpaired) electrons. The summed E-state index contributed by atoms with van der Waals surface area (Å²) in [5, 5.41) is 13.6. The van der Waals surface area contributed by atoms with Gasteiger partial charge >= 0.3 is 0 Å². The Morgan fingerprint density at radius 2 is 2.07 bits per heavy atom. The van der Waals surface area contributed by atoms with Crippen molar-refractivity contribution in [2.24, 2.45) is 0 Å². The second-order valence-corrected chi connectivity index (χ2v) is 5.92. The summed E-state index contributed by atoms with van der Waals surface area (Å²) in [6, 6.07) is 5.41. The maximum atomic E-state index is 13.3. The van der Waals surface area contributed by atoms with Gasteiger partial charge in [-0.1, -0.05) is 30.8 Å². The number of benzene rings is 1. The van der Waals surface area contributed by atoms with Crippen LogP contribution in [0.4, 0.5) is 8.78 Å². The Morgan fingerprint density at radius 1 is 1.34 bits per heavy atom. The molecule has 0 saturated carbocycles. The van der Waals surface area contributed by atoms with Crippen LogP contribution in [-0.2, 0) is 9.59 Å². The summed E-state index contributed by atoms with van der Waals surface area (Å²) in [6.45, 7) is 6.49. The van der Waals surface area contributed by atoms with Gasteiger partial charge in [0, 0.05) is 30.8 Å². The van der Waals surface area contributed by atoms with Crippen molar-refractivity contribution in [3.05, 3.63) is 77.5 Å². The predicted octanol–water partition coefficient (Wildman–Crippen LogP) is 3.48. The van der Waals surface area contributed by atoms with Crippen molar-refractivity contribution >= 4 is 23.4 Å². The Hall–Kier alpha value is -3.44. The maximum absolute atomic E-state index is 13.3. The van der Waals surface area contributed by atoms with Crippen LogP contribution < -0.4 is 15.4 Å². The molecule has 0 aliphatic heterocycles. The van der Waals surface area contributed by atoms with Crippen LogP contribution in [0.15, 0.2) is 66.7 Å². The lowest BCUT2D eigenvalue weighted by Crippen LogP contribution is -2.31. The summed E-state index contributed by atoms with van der Waals surface area (Å²) in [5.74, 6) is -2.37. The number of ether oxygens (including phenoxy) is 1. The van der Waals surface area contributed by atoms with Crippen LogP contribution in [0.2, 0.25) is 5.02 Å². The molecule has 0 fully saturated rings. The normalized spacial score (nSPS) is 10.9. The molecular weight excluding hydrogens is 404 g/mol. The lowest BCUT2D eigenvalue weighted by atomic mass is 10.2. The third kappa shape index (κ3) is 9.35.